The molecule has 0 saturated heterocycles. The number of ether oxygens (including phenoxy) is 3. The Hall–Kier alpha value is -2.75. The molecule has 2 aromatic carbocycles. The Kier molecular flexibility index (Phi) is 7.34. The maximum Gasteiger partial charge on any atom is 0.274 e. The summed E-state index contributed by atoms with van der Waals surface area (Å²) < 4.78 is 17.8. The molecule has 0 aliphatic rings. The molecule has 29 heavy (non-hydrogen) atoms. The van der Waals surface area contributed by atoms with E-state index in [9.17, 15) is 4.79 Å². The van der Waals surface area contributed by atoms with Crippen LogP contribution in [0.5, 0.6) is 17.2 Å². The van der Waals surface area contributed by atoms with Crippen molar-refractivity contribution in [2.45, 2.75) is 20.5 Å². The van der Waals surface area contributed by atoms with Crippen molar-refractivity contribution in [2.75, 3.05) is 18.5 Å². The molecule has 8 heteroatoms. The van der Waals surface area contributed by atoms with Crippen LogP contribution in [0.1, 0.15) is 29.9 Å². The van der Waals surface area contributed by atoms with Gasteiger partial charge in [-0.2, -0.15) is 5.10 Å². The predicted octanol–water partition coefficient (Wildman–Crippen LogP) is 4.64. The molecule has 0 aliphatic heterocycles. The Bertz CT molecular complexity index is 957. The van der Waals surface area contributed by atoms with Gasteiger partial charge >= 0.3 is 0 Å². The highest BCUT2D eigenvalue weighted by Gasteiger charge is 2.12. The molecule has 152 valence electrons. The number of amides is 1. The number of anilines is 1. The zero-order valence-electron chi connectivity index (χ0n) is 16.2. The first kappa shape index (κ1) is 21.0. The largest absolute Gasteiger partial charge is 0.490 e. The van der Waals surface area contributed by atoms with Gasteiger partial charge < -0.3 is 19.5 Å². The van der Waals surface area contributed by atoms with Crippen molar-refractivity contribution in [1.29, 1.82) is 0 Å². The van der Waals surface area contributed by atoms with Gasteiger partial charge in [0.15, 0.2) is 11.5 Å². The standard InChI is InChI=1S/C21H22IN3O4/c1-3-27-18-10-5-14(11-19(18)28-4-2)13-29-16-8-6-15(7-9-16)24-21(26)20-17(22)12-23-25-20/h5-12H,3-4,13H2,1-2H3,(H,23,25)(H,24,26). The number of nitrogens with one attached hydrogen (secondary N) is 2. The van der Waals surface area contributed by atoms with E-state index in [0.29, 0.717) is 42.7 Å². The highest BCUT2D eigenvalue weighted by Crippen LogP contribution is 2.29. The molecule has 0 saturated carbocycles. The van der Waals surface area contributed by atoms with E-state index in [4.69, 9.17) is 14.2 Å². The van der Waals surface area contributed by atoms with Crippen LogP contribution in [0.15, 0.2) is 48.7 Å². The number of hydrogen-bond acceptors (Lipinski definition) is 5. The van der Waals surface area contributed by atoms with Crippen molar-refractivity contribution in [1.82, 2.24) is 10.2 Å². The minimum absolute atomic E-state index is 0.238. The molecule has 0 atom stereocenters. The molecule has 0 unspecified atom stereocenters. The average Bonchev–Trinajstić information content (AvgIpc) is 3.15. The molecular weight excluding hydrogens is 485 g/mol. The summed E-state index contributed by atoms with van der Waals surface area (Å²) in [5.74, 6) is 1.90. The molecule has 2 N–H and O–H groups in total. The molecule has 0 fully saturated rings. The first-order chi connectivity index (χ1) is 14.1. The van der Waals surface area contributed by atoms with Gasteiger partial charge in [0.25, 0.3) is 5.91 Å². The lowest BCUT2D eigenvalue weighted by Crippen LogP contribution is -2.13. The molecule has 0 spiro atoms. The number of halogens is 1. The van der Waals surface area contributed by atoms with Crippen LogP contribution in [-0.4, -0.2) is 29.3 Å². The number of aromatic amines is 1. The third kappa shape index (κ3) is 5.63. The first-order valence-electron chi connectivity index (χ1n) is 9.22. The third-order valence-electron chi connectivity index (χ3n) is 3.95. The first-order valence-corrected chi connectivity index (χ1v) is 10.3. The Morgan fingerprint density at radius 3 is 2.41 bits per heavy atom. The van der Waals surface area contributed by atoms with Crippen molar-refractivity contribution in [2.24, 2.45) is 0 Å². The molecule has 1 aromatic heterocycles. The van der Waals surface area contributed by atoms with Crippen LogP contribution in [0.2, 0.25) is 0 Å². The average molecular weight is 507 g/mol. The second kappa shape index (κ2) is 10.1. The normalized spacial score (nSPS) is 10.4. The van der Waals surface area contributed by atoms with Crippen LogP contribution >= 0.6 is 22.6 Å². The quantitative estimate of drug-likeness (QED) is 0.413. The zero-order valence-corrected chi connectivity index (χ0v) is 18.4. The molecule has 0 aliphatic carbocycles. The lowest BCUT2D eigenvalue weighted by atomic mass is 10.2. The van der Waals surface area contributed by atoms with Gasteiger partial charge in [0.1, 0.15) is 18.1 Å². The summed E-state index contributed by atoms with van der Waals surface area (Å²) in [4.78, 5) is 12.2. The minimum atomic E-state index is -0.238. The highest BCUT2D eigenvalue weighted by molar-refractivity contribution is 14.1. The predicted molar refractivity (Wildman–Crippen MR) is 119 cm³/mol. The number of benzene rings is 2. The summed E-state index contributed by atoms with van der Waals surface area (Å²) in [6, 6.07) is 13.0. The van der Waals surface area contributed by atoms with E-state index in [1.54, 1.807) is 18.3 Å². The van der Waals surface area contributed by atoms with Gasteiger partial charge in [0, 0.05) is 5.69 Å². The molecule has 1 amide bonds. The van der Waals surface area contributed by atoms with E-state index in [0.717, 1.165) is 14.9 Å². The van der Waals surface area contributed by atoms with E-state index in [-0.39, 0.29) is 5.91 Å². The summed E-state index contributed by atoms with van der Waals surface area (Å²) in [7, 11) is 0. The van der Waals surface area contributed by atoms with Crippen LogP contribution in [0.4, 0.5) is 5.69 Å². The number of aromatic nitrogens is 2. The van der Waals surface area contributed by atoms with Gasteiger partial charge in [-0.15, -0.1) is 0 Å². The number of H-pyrrole nitrogens is 1. The molecule has 0 bridgehead atoms. The van der Waals surface area contributed by atoms with Gasteiger partial charge in [0.05, 0.1) is 23.0 Å². The third-order valence-corrected chi connectivity index (χ3v) is 4.76. The minimum Gasteiger partial charge on any atom is -0.490 e. The van der Waals surface area contributed by atoms with E-state index >= 15 is 0 Å². The number of carbonyl (C=O) groups excluding carboxylic acids is 1. The van der Waals surface area contributed by atoms with Gasteiger partial charge in [-0.05, 0) is 78.4 Å². The van der Waals surface area contributed by atoms with Gasteiger partial charge in [0.2, 0.25) is 0 Å². The van der Waals surface area contributed by atoms with Crippen molar-refractivity contribution in [3.05, 3.63) is 63.5 Å². The Labute approximate surface area is 182 Å². The fourth-order valence-electron chi connectivity index (χ4n) is 2.61. The molecule has 1 heterocycles. The summed E-state index contributed by atoms with van der Waals surface area (Å²) in [6.45, 7) is 5.42. The van der Waals surface area contributed by atoms with Gasteiger partial charge in [-0.3, -0.25) is 9.89 Å². The van der Waals surface area contributed by atoms with E-state index in [1.165, 1.54) is 0 Å². The SMILES string of the molecule is CCOc1ccc(COc2ccc(NC(=O)c3[nH]ncc3I)cc2)cc1OCC. The topological polar surface area (TPSA) is 85.5 Å². The van der Waals surface area contributed by atoms with E-state index in [1.807, 2.05) is 44.2 Å². The van der Waals surface area contributed by atoms with Crippen LogP contribution in [-0.2, 0) is 6.61 Å². The van der Waals surface area contributed by atoms with Crippen LogP contribution in [0.3, 0.4) is 0 Å². The summed E-state index contributed by atoms with van der Waals surface area (Å²) in [5, 5.41) is 9.37. The Morgan fingerprint density at radius 2 is 1.76 bits per heavy atom. The maximum absolute atomic E-state index is 12.2. The monoisotopic (exact) mass is 507 g/mol. The van der Waals surface area contributed by atoms with E-state index in [2.05, 4.69) is 38.1 Å². The number of hydrogen-bond donors (Lipinski definition) is 2. The maximum atomic E-state index is 12.2. The molecule has 3 rings (SSSR count). The molecule has 7 nitrogen and oxygen atoms in total. The van der Waals surface area contributed by atoms with Crippen LogP contribution < -0.4 is 19.5 Å². The van der Waals surface area contributed by atoms with Crippen molar-refractivity contribution >= 4 is 34.2 Å². The summed E-state index contributed by atoms with van der Waals surface area (Å²) >= 11 is 2.06. The zero-order chi connectivity index (χ0) is 20.6. The smallest absolute Gasteiger partial charge is 0.274 e. The molecule has 0 radical (unpaired) electrons. The number of rotatable bonds is 9. The second-order valence-corrected chi connectivity index (χ2v) is 7.17. The lowest BCUT2D eigenvalue weighted by molar-refractivity contribution is 0.102. The van der Waals surface area contributed by atoms with Crippen LogP contribution in [0.25, 0.3) is 0 Å². The summed E-state index contributed by atoms with van der Waals surface area (Å²) in [6.07, 6.45) is 1.60. The second-order valence-electron chi connectivity index (χ2n) is 6.01. The molecular formula is C21H22IN3O4. The Morgan fingerprint density at radius 1 is 1.03 bits per heavy atom. The highest BCUT2D eigenvalue weighted by atomic mass is 127. The lowest BCUT2D eigenvalue weighted by Gasteiger charge is -2.13. The fourth-order valence-corrected chi connectivity index (χ4v) is 3.12. The van der Waals surface area contributed by atoms with Crippen LogP contribution in [0, 0.1) is 3.57 Å². The molecule has 3 aromatic rings. The van der Waals surface area contributed by atoms with Crippen molar-refractivity contribution in [3.8, 4) is 17.2 Å². The van der Waals surface area contributed by atoms with E-state index < -0.39 is 0 Å². The fraction of sp³-hybridized carbons (Fsp3) is 0.238. The Balaban J connectivity index is 1.59. The number of nitrogens with zero attached hydrogens (tertiary/aromatic N) is 1. The number of carbonyl (C=O) groups is 1. The summed E-state index contributed by atoms with van der Waals surface area (Å²) in [5.41, 5.74) is 2.09. The van der Waals surface area contributed by atoms with Crippen molar-refractivity contribution in [3.63, 3.8) is 0 Å². The van der Waals surface area contributed by atoms with Crippen molar-refractivity contribution < 1.29 is 19.0 Å². The van der Waals surface area contributed by atoms with Gasteiger partial charge in [-0.25, -0.2) is 0 Å². The van der Waals surface area contributed by atoms with Gasteiger partial charge in [-0.1, -0.05) is 6.07 Å².